The number of hydrogen-bond donors (Lipinski definition) is 1. The molecule has 0 spiro atoms. The monoisotopic (exact) mass is 305 g/mol. The first-order valence-electron chi connectivity index (χ1n) is 6.82. The van der Waals surface area contributed by atoms with Gasteiger partial charge in [0.15, 0.2) is 5.16 Å². The standard InChI is InChI=1S/C15H19N3O2S/c1-3-8-16-14(19)11-21-15-17-9-10-18(15)12-4-6-13(20-2)7-5-12/h4-7,9-10H,3,8,11H2,1-2H3,(H,16,19). The van der Waals surface area contributed by atoms with E-state index in [1.54, 1.807) is 13.3 Å². The van der Waals surface area contributed by atoms with Gasteiger partial charge in [-0.2, -0.15) is 0 Å². The summed E-state index contributed by atoms with van der Waals surface area (Å²) in [6.07, 6.45) is 4.56. The topological polar surface area (TPSA) is 56.2 Å². The third-order valence-corrected chi connectivity index (χ3v) is 3.83. The maximum atomic E-state index is 11.6. The predicted octanol–water partition coefficient (Wildman–Crippen LogP) is 2.50. The Hall–Kier alpha value is -1.95. The van der Waals surface area contributed by atoms with Crippen molar-refractivity contribution in [3.8, 4) is 11.4 Å². The number of imidazole rings is 1. The normalized spacial score (nSPS) is 10.4. The molecule has 0 aliphatic heterocycles. The average molecular weight is 305 g/mol. The number of aromatic nitrogens is 2. The van der Waals surface area contributed by atoms with Crippen molar-refractivity contribution in [3.63, 3.8) is 0 Å². The van der Waals surface area contributed by atoms with Gasteiger partial charge in [-0.05, 0) is 30.7 Å². The number of ether oxygens (including phenoxy) is 1. The molecule has 1 heterocycles. The molecular formula is C15H19N3O2S. The van der Waals surface area contributed by atoms with Gasteiger partial charge in [0, 0.05) is 24.6 Å². The van der Waals surface area contributed by atoms with E-state index in [4.69, 9.17) is 4.74 Å². The molecule has 1 amide bonds. The number of carbonyl (C=O) groups excluding carboxylic acids is 1. The zero-order valence-corrected chi connectivity index (χ0v) is 13.0. The number of benzene rings is 1. The van der Waals surface area contributed by atoms with Crippen LogP contribution in [0.2, 0.25) is 0 Å². The van der Waals surface area contributed by atoms with Crippen LogP contribution in [0, 0.1) is 0 Å². The largest absolute Gasteiger partial charge is 0.497 e. The minimum atomic E-state index is 0.0335. The highest BCUT2D eigenvalue weighted by Crippen LogP contribution is 2.22. The molecular weight excluding hydrogens is 286 g/mol. The van der Waals surface area contributed by atoms with Gasteiger partial charge in [0.2, 0.25) is 5.91 Å². The summed E-state index contributed by atoms with van der Waals surface area (Å²) in [6.45, 7) is 2.75. The van der Waals surface area contributed by atoms with Gasteiger partial charge in [-0.3, -0.25) is 9.36 Å². The molecule has 2 aromatic rings. The van der Waals surface area contributed by atoms with Crippen LogP contribution in [0.3, 0.4) is 0 Å². The van der Waals surface area contributed by atoms with Crippen LogP contribution in [0.5, 0.6) is 5.75 Å². The van der Waals surface area contributed by atoms with Crippen molar-refractivity contribution >= 4 is 17.7 Å². The van der Waals surface area contributed by atoms with Crippen molar-refractivity contribution < 1.29 is 9.53 Å². The summed E-state index contributed by atoms with van der Waals surface area (Å²) < 4.78 is 7.11. The Bertz CT molecular complexity index is 581. The van der Waals surface area contributed by atoms with E-state index < -0.39 is 0 Å². The van der Waals surface area contributed by atoms with Crippen LogP contribution in [-0.2, 0) is 4.79 Å². The molecule has 1 aromatic heterocycles. The van der Waals surface area contributed by atoms with E-state index in [1.165, 1.54) is 11.8 Å². The smallest absolute Gasteiger partial charge is 0.230 e. The highest BCUT2D eigenvalue weighted by Gasteiger charge is 2.08. The molecule has 6 heteroatoms. The fourth-order valence-electron chi connectivity index (χ4n) is 1.78. The molecule has 1 N–H and O–H groups in total. The average Bonchev–Trinajstić information content (AvgIpc) is 2.99. The molecule has 1 aromatic carbocycles. The van der Waals surface area contributed by atoms with Crippen molar-refractivity contribution in [2.24, 2.45) is 0 Å². The van der Waals surface area contributed by atoms with Gasteiger partial charge in [-0.15, -0.1) is 0 Å². The molecule has 0 saturated carbocycles. The number of rotatable bonds is 7. The summed E-state index contributed by atoms with van der Waals surface area (Å²) in [7, 11) is 1.64. The molecule has 0 aliphatic carbocycles. The molecule has 2 rings (SSSR count). The summed E-state index contributed by atoms with van der Waals surface area (Å²) in [5.74, 6) is 1.21. The highest BCUT2D eigenvalue weighted by atomic mass is 32.2. The lowest BCUT2D eigenvalue weighted by molar-refractivity contribution is -0.118. The number of nitrogens with zero attached hydrogens (tertiary/aromatic N) is 2. The van der Waals surface area contributed by atoms with Crippen molar-refractivity contribution in [1.82, 2.24) is 14.9 Å². The van der Waals surface area contributed by atoms with Gasteiger partial charge in [0.05, 0.1) is 12.9 Å². The van der Waals surface area contributed by atoms with E-state index >= 15 is 0 Å². The minimum absolute atomic E-state index is 0.0335. The van der Waals surface area contributed by atoms with Gasteiger partial charge in [0.25, 0.3) is 0 Å². The molecule has 112 valence electrons. The number of hydrogen-bond acceptors (Lipinski definition) is 4. The molecule has 0 radical (unpaired) electrons. The Balaban J connectivity index is 2.02. The maximum Gasteiger partial charge on any atom is 0.230 e. The van der Waals surface area contributed by atoms with E-state index in [1.807, 2.05) is 42.0 Å². The van der Waals surface area contributed by atoms with Gasteiger partial charge in [0.1, 0.15) is 5.75 Å². The molecule has 21 heavy (non-hydrogen) atoms. The summed E-state index contributed by atoms with van der Waals surface area (Å²) in [6, 6.07) is 7.72. The second-order valence-electron chi connectivity index (χ2n) is 4.42. The Morgan fingerprint density at radius 3 is 2.81 bits per heavy atom. The van der Waals surface area contributed by atoms with Crippen LogP contribution in [0.15, 0.2) is 41.8 Å². The first kappa shape index (κ1) is 15.4. The summed E-state index contributed by atoms with van der Waals surface area (Å²) in [4.78, 5) is 15.9. The van der Waals surface area contributed by atoms with Crippen molar-refractivity contribution in [2.75, 3.05) is 19.4 Å². The second kappa shape index (κ2) is 7.73. The first-order valence-corrected chi connectivity index (χ1v) is 7.80. The lowest BCUT2D eigenvalue weighted by Gasteiger charge is -2.08. The Morgan fingerprint density at radius 1 is 1.38 bits per heavy atom. The zero-order valence-electron chi connectivity index (χ0n) is 12.2. The van der Waals surface area contributed by atoms with E-state index in [9.17, 15) is 4.79 Å². The van der Waals surface area contributed by atoms with E-state index in [-0.39, 0.29) is 5.91 Å². The fraction of sp³-hybridized carbons (Fsp3) is 0.333. The van der Waals surface area contributed by atoms with E-state index in [2.05, 4.69) is 10.3 Å². The first-order chi connectivity index (χ1) is 10.2. The lowest BCUT2D eigenvalue weighted by atomic mass is 10.3. The lowest BCUT2D eigenvalue weighted by Crippen LogP contribution is -2.25. The highest BCUT2D eigenvalue weighted by molar-refractivity contribution is 7.99. The Labute approximate surface area is 128 Å². The minimum Gasteiger partial charge on any atom is -0.497 e. The van der Waals surface area contributed by atoms with Gasteiger partial charge >= 0.3 is 0 Å². The van der Waals surface area contributed by atoms with Gasteiger partial charge in [-0.1, -0.05) is 18.7 Å². The van der Waals surface area contributed by atoms with Crippen LogP contribution in [0.25, 0.3) is 5.69 Å². The zero-order chi connectivity index (χ0) is 15.1. The molecule has 5 nitrogen and oxygen atoms in total. The van der Waals surface area contributed by atoms with Crippen LogP contribution < -0.4 is 10.1 Å². The number of carbonyl (C=O) groups is 1. The number of methoxy groups -OCH3 is 1. The SMILES string of the molecule is CCCNC(=O)CSc1nccn1-c1ccc(OC)cc1. The summed E-state index contributed by atoms with van der Waals surface area (Å²) >= 11 is 1.43. The van der Waals surface area contributed by atoms with Gasteiger partial charge in [-0.25, -0.2) is 4.98 Å². The van der Waals surface area contributed by atoms with E-state index in [0.717, 1.165) is 23.0 Å². The maximum absolute atomic E-state index is 11.6. The van der Waals surface area contributed by atoms with Crippen LogP contribution in [-0.4, -0.2) is 34.9 Å². The Morgan fingerprint density at radius 2 is 2.14 bits per heavy atom. The molecule has 0 atom stereocenters. The van der Waals surface area contributed by atoms with Crippen molar-refractivity contribution in [1.29, 1.82) is 0 Å². The third kappa shape index (κ3) is 4.26. The Kier molecular flexibility index (Phi) is 5.68. The van der Waals surface area contributed by atoms with Crippen LogP contribution >= 0.6 is 11.8 Å². The molecule has 0 aliphatic rings. The molecule has 0 bridgehead atoms. The third-order valence-electron chi connectivity index (χ3n) is 2.86. The molecule has 0 unspecified atom stereocenters. The second-order valence-corrected chi connectivity index (χ2v) is 5.36. The fourth-order valence-corrected chi connectivity index (χ4v) is 2.58. The number of thioether (sulfide) groups is 1. The van der Waals surface area contributed by atoms with Crippen molar-refractivity contribution in [2.45, 2.75) is 18.5 Å². The van der Waals surface area contributed by atoms with E-state index in [0.29, 0.717) is 12.3 Å². The summed E-state index contributed by atoms with van der Waals surface area (Å²) in [5, 5.41) is 3.65. The van der Waals surface area contributed by atoms with Gasteiger partial charge < -0.3 is 10.1 Å². The molecule has 0 saturated heterocycles. The number of nitrogens with one attached hydrogen (secondary N) is 1. The number of amides is 1. The summed E-state index contributed by atoms with van der Waals surface area (Å²) in [5.41, 5.74) is 0.991. The quantitative estimate of drug-likeness (QED) is 0.799. The van der Waals surface area contributed by atoms with Crippen LogP contribution in [0.1, 0.15) is 13.3 Å². The molecule has 0 fully saturated rings. The van der Waals surface area contributed by atoms with Crippen LogP contribution in [0.4, 0.5) is 0 Å². The van der Waals surface area contributed by atoms with Crippen molar-refractivity contribution in [3.05, 3.63) is 36.7 Å². The predicted molar refractivity (Wildman–Crippen MR) is 84.1 cm³/mol.